The molecule has 0 saturated carbocycles. The fraction of sp³-hybridized carbons (Fsp3) is 0.294. The Bertz CT molecular complexity index is 741. The maximum absolute atomic E-state index is 5.87. The number of hydrogen-bond donors (Lipinski definition) is 0. The summed E-state index contributed by atoms with van der Waals surface area (Å²) in [6.45, 7) is 3.24. The van der Waals surface area contributed by atoms with E-state index in [2.05, 4.69) is 27.5 Å². The largest absolute Gasteiger partial charge is 0.373 e. The van der Waals surface area contributed by atoms with Crippen molar-refractivity contribution in [2.24, 2.45) is 0 Å². The Morgan fingerprint density at radius 1 is 1.22 bits per heavy atom. The lowest BCUT2D eigenvalue weighted by Crippen LogP contribution is -2.44. The van der Waals surface area contributed by atoms with Gasteiger partial charge in [-0.2, -0.15) is 5.10 Å². The molecule has 1 aromatic carbocycles. The van der Waals surface area contributed by atoms with E-state index >= 15 is 0 Å². The highest BCUT2D eigenvalue weighted by Crippen LogP contribution is 2.28. The van der Waals surface area contributed by atoms with E-state index in [1.54, 1.807) is 17.5 Å². The van der Waals surface area contributed by atoms with Gasteiger partial charge in [0, 0.05) is 36.4 Å². The summed E-state index contributed by atoms with van der Waals surface area (Å²) < 4.78 is 7.79. The zero-order chi connectivity index (χ0) is 15.5. The molecule has 1 unspecified atom stereocenters. The Balaban J connectivity index is 1.46. The molecule has 118 valence electrons. The fourth-order valence-electron chi connectivity index (χ4n) is 2.77. The van der Waals surface area contributed by atoms with Crippen LogP contribution >= 0.6 is 11.3 Å². The average Bonchev–Trinajstić information content (AvgIpc) is 3.28. The van der Waals surface area contributed by atoms with Crippen LogP contribution in [0.1, 0.15) is 0 Å². The maximum atomic E-state index is 5.87. The minimum absolute atomic E-state index is 0.146. The molecule has 1 aliphatic rings. The normalized spacial score (nSPS) is 18.3. The third kappa shape index (κ3) is 3.28. The van der Waals surface area contributed by atoms with Crippen molar-refractivity contribution in [3.63, 3.8) is 0 Å². The van der Waals surface area contributed by atoms with Gasteiger partial charge in [-0.05, 0) is 6.07 Å². The van der Waals surface area contributed by atoms with Gasteiger partial charge < -0.3 is 9.64 Å². The van der Waals surface area contributed by atoms with E-state index in [9.17, 15) is 0 Å². The molecular weight excluding hydrogens is 308 g/mol. The van der Waals surface area contributed by atoms with Gasteiger partial charge in [0.05, 0.1) is 24.9 Å². The fourth-order valence-corrected chi connectivity index (χ4v) is 3.64. The Labute approximate surface area is 139 Å². The zero-order valence-corrected chi connectivity index (χ0v) is 13.5. The van der Waals surface area contributed by atoms with E-state index in [0.29, 0.717) is 0 Å². The summed E-state index contributed by atoms with van der Waals surface area (Å²) in [5.41, 5.74) is 2.21. The van der Waals surface area contributed by atoms with Crippen molar-refractivity contribution in [2.45, 2.75) is 12.6 Å². The SMILES string of the molecule is c1ccc(-c2csc(N3CCOC(Cn4cccn4)C3)n2)cc1. The molecule has 6 heteroatoms. The molecule has 1 saturated heterocycles. The Hall–Kier alpha value is -2.18. The van der Waals surface area contributed by atoms with Gasteiger partial charge in [-0.3, -0.25) is 4.68 Å². The number of thiazole rings is 1. The van der Waals surface area contributed by atoms with Crippen molar-refractivity contribution in [3.8, 4) is 11.3 Å². The molecule has 0 spiro atoms. The second-order valence-electron chi connectivity index (χ2n) is 5.55. The van der Waals surface area contributed by atoms with Crippen LogP contribution in [0.3, 0.4) is 0 Å². The first-order valence-electron chi connectivity index (χ1n) is 7.73. The van der Waals surface area contributed by atoms with Crippen molar-refractivity contribution < 1.29 is 4.74 Å². The van der Waals surface area contributed by atoms with Crippen LogP contribution in [-0.4, -0.2) is 40.6 Å². The second kappa shape index (κ2) is 6.52. The number of anilines is 1. The van der Waals surface area contributed by atoms with E-state index < -0.39 is 0 Å². The summed E-state index contributed by atoms with van der Waals surface area (Å²) in [5.74, 6) is 0. The van der Waals surface area contributed by atoms with E-state index in [-0.39, 0.29) is 6.10 Å². The molecule has 5 nitrogen and oxygen atoms in total. The molecule has 0 amide bonds. The molecule has 0 N–H and O–H groups in total. The minimum Gasteiger partial charge on any atom is -0.373 e. The summed E-state index contributed by atoms with van der Waals surface area (Å²) in [6.07, 6.45) is 3.92. The molecule has 4 rings (SSSR count). The van der Waals surface area contributed by atoms with Crippen LogP contribution in [0.4, 0.5) is 5.13 Å². The van der Waals surface area contributed by atoms with E-state index in [1.165, 1.54) is 0 Å². The van der Waals surface area contributed by atoms with Gasteiger partial charge in [0.2, 0.25) is 0 Å². The maximum Gasteiger partial charge on any atom is 0.186 e. The van der Waals surface area contributed by atoms with Crippen LogP contribution in [0.25, 0.3) is 11.3 Å². The smallest absolute Gasteiger partial charge is 0.186 e. The van der Waals surface area contributed by atoms with Crippen molar-refractivity contribution in [2.75, 3.05) is 24.6 Å². The molecule has 2 aromatic heterocycles. The molecule has 0 aliphatic carbocycles. The third-order valence-electron chi connectivity index (χ3n) is 3.92. The van der Waals surface area contributed by atoms with Gasteiger partial charge in [-0.25, -0.2) is 4.98 Å². The molecule has 0 bridgehead atoms. The molecule has 0 radical (unpaired) electrons. The van der Waals surface area contributed by atoms with Gasteiger partial charge in [-0.15, -0.1) is 11.3 Å². The third-order valence-corrected chi connectivity index (χ3v) is 4.82. The van der Waals surface area contributed by atoms with Crippen LogP contribution in [0, 0.1) is 0 Å². The summed E-state index contributed by atoms with van der Waals surface area (Å²) in [7, 11) is 0. The Kier molecular flexibility index (Phi) is 4.08. The van der Waals surface area contributed by atoms with Gasteiger partial charge >= 0.3 is 0 Å². The van der Waals surface area contributed by atoms with Gasteiger partial charge in [0.1, 0.15) is 0 Å². The molecule has 3 aromatic rings. The number of nitrogens with zero attached hydrogens (tertiary/aromatic N) is 4. The first-order valence-corrected chi connectivity index (χ1v) is 8.61. The standard InChI is InChI=1S/C17H18N4OS/c1-2-5-14(6-3-1)16-13-23-17(19-16)20-9-10-22-15(11-20)12-21-8-4-7-18-21/h1-8,13,15H,9-12H2. The summed E-state index contributed by atoms with van der Waals surface area (Å²) in [5, 5.41) is 7.45. The molecule has 1 aliphatic heterocycles. The average molecular weight is 326 g/mol. The molecule has 23 heavy (non-hydrogen) atoms. The predicted molar refractivity (Wildman–Crippen MR) is 91.7 cm³/mol. The number of morpholine rings is 1. The van der Waals surface area contributed by atoms with Crippen LogP contribution in [0.15, 0.2) is 54.2 Å². The number of benzene rings is 1. The van der Waals surface area contributed by atoms with Crippen molar-refractivity contribution in [3.05, 3.63) is 54.2 Å². The van der Waals surface area contributed by atoms with Gasteiger partial charge in [-0.1, -0.05) is 30.3 Å². The van der Waals surface area contributed by atoms with E-state index in [0.717, 1.165) is 42.6 Å². The van der Waals surface area contributed by atoms with Gasteiger partial charge in [0.15, 0.2) is 5.13 Å². The van der Waals surface area contributed by atoms with E-state index in [4.69, 9.17) is 9.72 Å². The lowest BCUT2D eigenvalue weighted by Gasteiger charge is -2.32. The highest BCUT2D eigenvalue weighted by atomic mass is 32.1. The molecule has 3 heterocycles. The van der Waals surface area contributed by atoms with Crippen molar-refractivity contribution in [1.29, 1.82) is 0 Å². The number of rotatable bonds is 4. The van der Waals surface area contributed by atoms with Crippen LogP contribution < -0.4 is 4.90 Å². The van der Waals surface area contributed by atoms with Crippen LogP contribution in [0.5, 0.6) is 0 Å². The molecular formula is C17H18N4OS. The van der Waals surface area contributed by atoms with Crippen molar-refractivity contribution in [1.82, 2.24) is 14.8 Å². The Morgan fingerprint density at radius 3 is 2.96 bits per heavy atom. The first-order chi connectivity index (χ1) is 11.4. The Morgan fingerprint density at radius 2 is 2.13 bits per heavy atom. The topological polar surface area (TPSA) is 43.2 Å². The second-order valence-corrected chi connectivity index (χ2v) is 6.38. The summed E-state index contributed by atoms with van der Waals surface area (Å²) in [4.78, 5) is 7.12. The summed E-state index contributed by atoms with van der Waals surface area (Å²) >= 11 is 1.70. The zero-order valence-electron chi connectivity index (χ0n) is 12.7. The molecule has 1 atom stereocenters. The predicted octanol–water partition coefficient (Wildman–Crippen LogP) is 2.91. The summed E-state index contributed by atoms with van der Waals surface area (Å²) in [6, 6.07) is 12.2. The molecule has 1 fully saturated rings. The minimum atomic E-state index is 0.146. The van der Waals surface area contributed by atoms with E-state index in [1.807, 2.05) is 35.1 Å². The number of hydrogen-bond acceptors (Lipinski definition) is 5. The highest BCUT2D eigenvalue weighted by Gasteiger charge is 2.23. The number of ether oxygens (including phenoxy) is 1. The van der Waals surface area contributed by atoms with Gasteiger partial charge in [0.25, 0.3) is 0 Å². The highest BCUT2D eigenvalue weighted by molar-refractivity contribution is 7.14. The lowest BCUT2D eigenvalue weighted by molar-refractivity contribution is 0.0274. The van der Waals surface area contributed by atoms with Crippen LogP contribution in [0.2, 0.25) is 0 Å². The van der Waals surface area contributed by atoms with Crippen LogP contribution in [-0.2, 0) is 11.3 Å². The lowest BCUT2D eigenvalue weighted by atomic mass is 10.2. The monoisotopic (exact) mass is 326 g/mol. The number of aromatic nitrogens is 3. The quantitative estimate of drug-likeness (QED) is 0.739. The first kappa shape index (κ1) is 14.4. The van der Waals surface area contributed by atoms with Crippen molar-refractivity contribution >= 4 is 16.5 Å².